The Morgan fingerprint density at radius 2 is 1.85 bits per heavy atom. The Morgan fingerprint density at radius 1 is 1.10 bits per heavy atom. The van der Waals surface area contributed by atoms with Gasteiger partial charge in [-0.1, -0.05) is 17.7 Å². The summed E-state index contributed by atoms with van der Waals surface area (Å²) < 4.78 is 10.9. The second kappa shape index (κ2) is 5.06. The minimum absolute atomic E-state index is 0.231. The number of carbonyl (C=O) groups excluding carboxylic acids is 1. The van der Waals surface area contributed by atoms with Crippen LogP contribution >= 0.6 is 11.6 Å². The van der Waals surface area contributed by atoms with Crippen LogP contribution in [0.3, 0.4) is 0 Å². The van der Waals surface area contributed by atoms with E-state index in [-0.39, 0.29) is 5.78 Å². The molecule has 0 radical (unpaired) electrons. The van der Waals surface area contributed by atoms with Crippen molar-refractivity contribution in [3.63, 3.8) is 0 Å². The first kappa shape index (κ1) is 12.8. The molecule has 0 saturated heterocycles. The Hall–Kier alpha value is -2.20. The topological polar surface area (TPSA) is 61.6 Å². The smallest absolute Gasteiger partial charge is 0.196 e. The summed E-state index contributed by atoms with van der Waals surface area (Å²) in [6, 6.07) is 10.0. The molecule has 0 fully saturated rings. The van der Waals surface area contributed by atoms with Crippen molar-refractivity contribution < 1.29 is 14.3 Å². The van der Waals surface area contributed by atoms with Gasteiger partial charge in [-0.3, -0.25) is 4.79 Å². The summed E-state index contributed by atoms with van der Waals surface area (Å²) >= 11 is 6.06. The number of nitrogen functional groups attached to an aromatic ring is 1. The maximum Gasteiger partial charge on any atom is 0.196 e. The highest BCUT2D eigenvalue weighted by atomic mass is 35.5. The molecule has 4 nitrogen and oxygen atoms in total. The number of benzene rings is 2. The standard InChI is InChI=1S/C15H12ClNO3/c16-10-2-1-3-11(17)14(10)15(18)9-4-5-12-13(8-9)20-7-6-19-12/h1-5,8H,6-7,17H2. The first-order valence-electron chi connectivity index (χ1n) is 6.15. The maximum atomic E-state index is 12.5. The lowest BCUT2D eigenvalue weighted by Crippen LogP contribution is -2.16. The Labute approximate surface area is 121 Å². The van der Waals surface area contributed by atoms with E-state index in [0.29, 0.717) is 46.5 Å². The van der Waals surface area contributed by atoms with Crippen molar-refractivity contribution in [2.45, 2.75) is 0 Å². The maximum absolute atomic E-state index is 12.5. The first-order chi connectivity index (χ1) is 9.66. The van der Waals surface area contributed by atoms with Gasteiger partial charge in [0.25, 0.3) is 0 Å². The highest BCUT2D eigenvalue weighted by Crippen LogP contribution is 2.33. The summed E-state index contributed by atoms with van der Waals surface area (Å²) in [5.41, 5.74) is 6.97. The zero-order valence-corrected chi connectivity index (χ0v) is 11.3. The van der Waals surface area contributed by atoms with Crippen LogP contribution in [-0.2, 0) is 0 Å². The average Bonchev–Trinajstić information content (AvgIpc) is 2.46. The number of hydrogen-bond donors (Lipinski definition) is 1. The third-order valence-electron chi connectivity index (χ3n) is 3.08. The molecule has 0 aliphatic carbocycles. The monoisotopic (exact) mass is 289 g/mol. The van der Waals surface area contributed by atoms with Gasteiger partial charge in [0.2, 0.25) is 0 Å². The van der Waals surface area contributed by atoms with E-state index in [1.165, 1.54) is 0 Å². The fraction of sp³-hybridized carbons (Fsp3) is 0.133. The van der Waals surface area contributed by atoms with Crippen LogP contribution in [0.15, 0.2) is 36.4 Å². The molecule has 0 spiro atoms. The number of halogens is 1. The van der Waals surface area contributed by atoms with Crippen LogP contribution in [0.5, 0.6) is 11.5 Å². The van der Waals surface area contributed by atoms with Gasteiger partial charge < -0.3 is 15.2 Å². The second-order valence-electron chi connectivity index (χ2n) is 4.39. The molecule has 0 atom stereocenters. The van der Waals surface area contributed by atoms with E-state index in [4.69, 9.17) is 26.8 Å². The molecule has 2 N–H and O–H groups in total. The Balaban J connectivity index is 2.03. The third-order valence-corrected chi connectivity index (χ3v) is 3.39. The number of hydrogen-bond acceptors (Lipinski definition) is 4. The van der Waals surface area contributed by atoms with Crippen molar-refractivity contribution in [2.75, 3.05) is 18.9 Å². The molecule has 102 valence electrons. The summed E-state index contributed by atoms with van der Waals surface area (Å²) in [7, 11) is 0. The van der Waals surface area contributed by atoms with Gasteiger partial charge in [0, 0.05) is 11.3 Å². The van der Waals surface area contributed by atoms with Crippen LogP contribution in [0, 0.1) is 0 Å². The van der Waals surface area contributed by atoms with Gasteiger partial charge in [-0.25, -0.2) is 0 Å². The van der Waals surface area contributed by atoms with Gasteiger partial charge in [0.15, 0.2) is 17.3 Å². The zero-order chi connectivity index (χ0) is 14.1. The molecule has 20 heavy (non-hydrogen) atoms. The van der Waals surface area contributed by atoms with Gasteiger partial charge in [0.1, 0.15) is 13.2 Å². The molecule has 5 heteroatoms. The Kier molecular flexibility index (Phi) is 3.24. The molecular formula is C15H12ClNO3. The minimum atomic E-state index is -0.231. The summed E-state index contributed by atoms with van der Waals surface area (Å²) in [6.07, 6.45) is 0. The van der Waals surface area contributed by atoms with Crippen molar-refractivity contribution in [3.8, 4) is 11.5 Å². The number of nitrogens with two attached hydrogens (primary N) is 1. The van der Waals surface area contributed by atoms with Gasteiger partial charge in [0.05, 0.1) is 10.6 Å². The van der Waals surface area contributed by atoms with Gasteiger partial charge in [-0.15, -0.1) is 0 Å². The number of ketones is 1. The molecule has 0 amide bonds. The molecule has 1 heterocycles. The van der Waals surface area contributed by atoms with Crippen molar-refractivity contribution in [2.24, 2.45) is 0 Å². The number of ether oxygens (including phenoxy) is 2. The molecule has 0 unspecified atom stereocenters. The lowest BCUT2D eigenvalue weighted by atomic mass is 10.0. The summed E-state index contributed by atoms with van der Waals surface area (Å²) in [6.45, 7) is 0.983. The number of fused-ring (bicyclic) bond motifs is 1. The zero-order valence-electron chi connectivity index (χ0n) is 10.6. The number of carbonyl (C=O) groups is 1. The van der Waals surface area contributed by atoms with Crippen LogP contribution < -0.4 is 15.2 Å². The van der Waals surface area contributed by atoms with E-state index in [1.807, 2.05) is 0 Å². The first-order valence-corrected chi connectivity index (χ1v) is 6.53. The van der Waals surface area contributed by atoms with Crippen molar-refractivity contribution >= 4 is 23.1 Å². The largest absolute Gasteiger partial charge is 0.486 e. The lowest BCUT2D eigenvalue weighted by molar-refractivity contribution is 0.103. The SMILES string of the molecule is Nc1cccc(Cl)c1C(=O)c1ccc2c(c1)OCCO2. The van der Waals surface area contributed by atoms with Gasteiger partial charge >= 0.3 is 0 Å². The molecule has 0 saturated carbocycles. The molecule has 0 bridgehead atoms. The van der Waals surface area contributed by atoms with E-state index in [0.717, 1.165) is 0 Å². The minimum Gasteiger partial charge on any atom is -0.486 e. The summed E-state index contributed by atoms with van der Waals surface area (Å²) in [5.74, 6) is 0.970. The van der Waals surface area contributed by atoms with Crippen LogP contribution in [0.1, 0.15) is 15.9 Å². The number of anilines is 1. The highest BCUT2D eigenvalue weighted by Gasteiger charge is 2.19. The fourth-order valence-electron chi connectivity index (χ4n) is 2.11. The van der Waals surface area contributed by atoms with Crippen LogP contribution in [0.4, 0.5) is 5.69 Å². The van der Waals surface area contributed by atoms with Crippen molar-refractivity contribution in [3.05, 3.63) is 52.5 Å². The fourth-order valence-corrected chi connectivity index (χ4v) is 2.38. The molecule has 2 aromatic rings. The van der Waals surface area contributed by atoms with Crippen LogP contribution in [0.2, 0.25) is 5.02 Å². The van der Waals surface area contributed by atoms with E-state index in [1.54, 1.807) is 36.4 Å². The highest BCUT2D eigenvalue weighted by molar-refractivity contribution is 6.35. The van der Waals surface area contributed by atoms with Crippen LogP contribution in [0.25, 0.3) is 0 Å². The molecule has 1 aliphatic rings. The molecule has 2 aromatic carbocycles. The number of rotatable bonds is 2. The van der Waals surface area contributed by atoms with E-state index in [2.05, 4.69) is 0 Å². The Bertz CT molecular complexity index is 665. The summed E-state index contributed by atoms with van der Waals surface area (Å²) in [5, 5.41) is 0.338. The van der Waals surface area contributed by atoms with E-state index < -0.39 is 0 Å². The molecule has 3 rings (SSSR count). The average molecular weight is 290 g/mol. The second-order valence-corrected chi connectivity index (χ2v) is 4.80. The van der Waals surface area contributed by atoms with Gasteiger partial charge in [-0.2, -0.15) is 0 Å². The van der Waals surface area contributed by atoms with Crippen LogP contribution in [-0.4, -0.2) is 19.0 Å². The lowest BCUT2D eigenvalue weighted by Gasteiger charge is -2.18. The summed E-state index contributed by atoms with van der Waals surface area (Å²) in [4.78, 5) is 12.5. The van der Waals surface area contributed by atoms with Crippen molar-refractivity contribution in [1.82, 2.24) is 0 Å². The van der Waals surface area contributed by atoms with E-state index in [9.17, 15) is 4.79 Å². The molecular weight excluding hydrogens is 278 g/mol. The predicted octanol–water partition coefficient (Wildman–Crippen LogP) is 2.92. The Morgan fingerprint density at radius 3 is 2.60 bits per heavy atom. The van der Waals surface area contributed by atoms with Crippen molar-refractivity contribution in [1.29, 1.82) is 0 Å². The van der Waals surface area contributed by atoms with Gasteiger partial charge in [-0.05, 0) is 30.3 Å². The molecule has 1 aliphatic heterocycles. The molecule has 0 aromatic heterocycles. The normalized spacial score (nSPS) is 13.1. The van der Waals surface area contributed by atoms with E-state index >= 15 is 0 Å². The quantitative estimate of drug-likeness (QED) is 0.682. The third kappa shape index (κ3) is 2.18. The predicted molar refractivity (Wildman–Crippen MR) is 76.7 cm³/mol.